The van der Waals surface area contributed by atoms with Gasteiger partial charge in [-0.2, -0.15) is 0 Å². The number of nitriles is 1. The van der Waals surface area contributed by atoms with Gasteiger partial charge in [-0.3, -0.25) is 0 Å². The molecule has 63 valence electrons. The highest BCUT2D eigenvalue weighted by atomic mass is 14.8. The number of hydrogen-bond donors (Lipinski definition) is 1. The van der Waals surface area contributed by atoms with Crippen molar-refractivity contribution in [1.82, 2.24) is 0 Å². The summed E-state index contributed by atoms with van der Waals surface area (Å²) in [4.78, 5) is 0. The third-order valence-corrected chi connectivity index (χ3v) is 2.54. The molecule has 0 spiro atoms. The second-order valence-electron chi connectivity index (χ2n) is 3.36. The Morgan fingerprint density at radius 3 is 3.23 bits per heavy atom. The van der Waals surface area contributed by atoms with Crippen molar-refractivity contribution in [2.45, 2.75) is 0 Å². The van der Waals surface area contributed by atoms with Gasteiger partial charge in [0.2, 0.25) is 0 Å². The Balaban J connectivity index is 2.21. The molecule has 13 heavy (non-hydrogen) atoms. The lowest BCUT2D eigenvalue weighted by molar-refractivity contribution is -0.502. The smallest absolute Gasteiger partial charge is 0.320 e. The predicted octanol–water partition coefficient (Wildman–Crippen LogP) is -0.280. The normalized spacial score (nSPS) is 25.9. The Morgan fingerprint density at radius 1 is 1.62 bits per heavy atom. The fourth-order valence-electron chi connectivity index (χ4n) is 1.84. The van der Waals surface area contributed by atoms with Crippen LogP contribution in [0.1, 0.15) is 0 Å². The van der Waals surface area contributed by atoms with Crippen molar-refractivity contribution in [2.75, 3.05) is 6.54 Å². The van der Waals surface area contributed by atoms with Crippen LogP contribution in [-0.2, 0) is 0 Å². The molecule has 3 heteroatoms. The van der Waals surface area contributed by atoms with E-state index in [0.717, 1.165) is 6.54 Å². The van der Waals surface area contributed by atoms with Crippen LogP contribution in [0.25, 0.3) is 0 Å². The standard InChI is InChI=1S/C10H11BN2/c12-8-11-10(6-7-13-11)9-4-2-1-3-5-9/h1-6,11H,7,13H2/q+1. The summed E-state index contributed by atoms with van der Waals surface area (Å²) in [5.74, 6) is 2.37. The Kier molecular flexibility index (Phi) is 2.24. The third-order valence-electron chi connectivity index (χ3n) is 2.54. The van der Waals surface area contributed by atoms with Crippen molar-refractivity contribution >= 4 is 6.85 Å². The van der Waals surface area contributed by atoms with Crippen molar-refractivity contribution in [2.24, 2.45) is 0 Å². The lowest BCUT2D eigenvalue weighted by atomic mass is 9.56. The summed E-state index contributed by atoms with van der Waals surface area (Å²) in [5.41, 5.74) is 2.45. The van der Waals surface area contributed by atoms with Crippen LogP contribution in [0.2, 0.25) is 0 Å². The van der Waals surface area contributed by atoms with Crippen molar-refractivity contribution < 1.29 is 5.23 Å². The zero-order valence-electron chi connectivity index (χ0n) is 7.40. The monoisotopic (exact) mass is 170 g/mol. The van der Waals surface area contributed by atoms with Crippen molar-refractivity contribution in [1.29, 1.82) is 5.26 Å². The molecule has 2 nitrogen and oxygen atoms in total. The van der Waals surface area contributed by atoms with Crippen molar-refractivity contribution in [3.63, 3.8) is 0 Å². The molecule has 0 aromatic rings. The molecule has 0 aromatic heterocycles. The highest BCUT2D eigenvalue weighted by Gasteiger charge is 2.22. The fraction of sp³-hybridized carbons (Fsp3) is 0.100. The minimum atomic E-state index is -0.821. The van der Waals surface area contributed by atoms with E-state index < -0.39 is 6.85 Å². The topological polar surface area (TPSA) is 40.4 Å². The molecular formula is C10H11BN2+. The first-order chi connectivity index (χ1) is 6.42. The molecule has 0 bridgehead atoms. The first kappa shape index (κ1) is 8.21. The summed E-state index contributed by atoms with van der Waals surface area (Å²) < 4.78 is 0. The van der Waals surface area contributed by atoms with E-state index in [1.165, 1.54) is 11.0 Å². The second-order valence-corrected chi connectivity index (χ2v) is 3.36. The molecule has 2 rings (SSSR count). The van der Waals surface area contributed by atoms with E-state index in [2.05, 4.69) is 29.4 Å². The van der Waals surface area contributed by atoms with Crippen LogP contribution in [0.15, 0.2) is 35.3 Å². The molecule has 0 saturated carbocycles. The van der Waals surface area contributed by atoms with Gasteiger partial charge in [-0.15, -0.1) is 5.47 Å². The maximum Gasteiger partial charge on any atom is 0.320 e. The van der Waals surface area contributed by atoms with Gasteiger partial charge in [-0.1, -0.05) is 12.0 Å². The number of allylic oxidation sites excluding steroid dienone is 5. The van der Waals surface area contributed by atoms with Gasteiger partial charge in [-0.05, 0) is 6.08 Å². The van der Waals surface area contributed by atoms with E-state index in [4.69, 9.17) is 5.26 Å². The van der Waals surface area contributed by atoms with Crippen LogP contribution in [0, 0.1) is 24.1 Å². The highest BCUT2D eigenvalue weighted by molar-refractivity contribution is 6.67. The molecule has 0 fully saturated rings. The van der Waals surface area contributed by atoms with Gasteiger partial charge in [0.1, 0.15) is 0 Å². The van der Waals surface area contributed by atoms with E-state index in [-0.39, 0.29) is 0 Å². The zero-order chi connectivity index (χ0) is 9.10. The van der Waals surface area contributed by atoms with Gasteiger partial charge in [0.25, 0.3) is 0 Å². The molecule has 0 amide bonds. The minimum absolute atomic E-state index is 0.821. The Morgan fingerprint density at radius 2 is 2.54 bits per heavy atom. The molecule has 2 N–H and O–H groups in total. The average molecular weight is 170 g/mol. The molecule has 0 saturated heterocycles. The first-order valence-electron chi connectivity index (χ1n) is 4.60. The summed E-state index contributed by atoms with van der Waals surface area (Å²) in [5, 5.41) is 11.0. The van der Waals surface area contributed by atoms with Crippen LogP contribution in [-0.4, -0.2) is 13.4 Å². The Hall–Kier alpha value is -1.40. The second kappa shape index (κ2) is 3.55. The quantitative estimate of drug-likeness (QED) is 0.426. The first-order valence-corrected chi connectivity index (χ1v) is 4.60. The van der Waals surface area contributed by atoms with E-state index in [1.807, 2.05) is 18.9 Å². The van der Waals surface area contributed by atoms with Gasteiger partial charge in [0.05, 0.1) is 31.5 Å². The lowest BCUT2D eigenvalue weighted by Gasteiger charge is -2.09. The Labute approximate surface area is 78.7 Å². The number of nitrogens with two attached hydrogens (primary N) is 1. The molecule has 0 aromatic carbocycles. The van der Waals surface area contributed by atoms with Crippen molar-refractivity contribution in [3.8, 4) is 5.97 Å². The summed E-state index contributed by atoms with van der Waals surface area (Å²) in [7, 11) is 0. The van der Waals surface area contributed by atoms with Gasteiger partial charge in [0.15, 0.2) is 0 Å². The SMILES string of the molecule is N#C[BH-]1[NH2+]CC=C1C1=C[CH][CH+]C=C1. The van der Waals surface area contributed by atoms with Crippen LogP contribution < -0.4 is 5.23 Å². The fourth-order valence-corrected chi connectivity index (χ4v) is 1.84. The lowest BCUT2D eigenvalue weighted by Crippen LogP contribution is -2.90. The summed E-state index contributed by atoms with van der Waals surface area (Å²) in [6.07, 6.45) is 12.3. The molecule has 1 heterocycles. The molecular weight excluding hydrogens is 159 g/mol. The molecule has 1 aliphatic carbocycles. The molecule has 1 unspecified atom stereocenters. The Bertz CT molecular complexity index is 333. The number of quaternary nitrogens is 1. The van der Waals surface area contributed by atoms with Crippen LogP contribution in [0.4, 0.5) is 0 Å². The summed E-state index contributed by atoms with van der Waals surface area (Å²) in [6.45, 7) is 0.135. The van der Waals surface area contributed by atoms with Gasteiger partial charge < -0.3 is 5.23 Å². The van der Waals surface area contributed by atoms with Gasteiger partial charge in [-0.25, -0.2) is 5.26 Å². The molecule has 1 radical (unpaired) electrons. The van der Waals surface area contributed by atoms with E-state index in [0.29, 0.717) is 0 Å². The summed E-state index contributed by atoms with van der Waals surface area (Å²) in [6, 6.07) is 0. The molecule has 2 aliphatic rings. The van der Waals surface area contributed by atoms with Crippen LogP contribution >= 0.6 is 0 Å². The number of hydrogen-bond acceptors (Lipinski definition) is 1. The average Bonchev–Trinajstić information content (AvgIpc) is 2.67. The van der Waals surface area contributed by atoms with E-state index in [1.54, 1.807) is 0 Å². The third kappa shape index (κ3) is 1.54. The van der Waals surface area contributed by atoms with E-state index >= 15 is 0 Å². The van der Waals surface area contributed by atoms with Crippen molar-refractivity contribution in [3.05, 3.63) is 48.2 Å². The van der Waals surface area contributed by atoms with E-state index in [9.17, 15) is 0 Å². The van der Waals surface area contributed by atoms with Gasteiger partial charge >= 0.3 is 6.85 Å². The molecule has 1 aliphatic heterocycles. The maximum atomic E-state index is 8.91. The minimum Gasteiger partial charge on any atom is -0.520 e. The highest BCUT2D eigenvalue weighted by Crippen LogP contribution is 2.18. The predicted molar refractivity (Wildman–Crippen MR) is 53.5 cm³/mol. The zero-order valence-corrected chi connectivity index (χ0v) is 7.40. The molecule has 1 atom stereocenters. The number of nitrogens with zero attached hydrogens (tertiary/aromatic N) is 1. The van der Waals surface area contributed by atoms with Crippen LogP contribution in [0.5, 0.6) is 0 Å². The summed E-state index contributed by atoms with van der Waals surface area (Å²) >= 11 is 0. The maximum absolute atomic E-state index is 8.91. The van der Waals surface area contributed by atoms with Gasteiger partial charge in [0, 0.05) is 5.57 Å². The largest absolute Gasteiger partial charge is 0.520 e. The number of rotatable bonds is 1. The van der Waals surface area contributed by atoms with Crippen LogP contribution in [0.3, 0.4) is 0 Å².